The maximum absolute atomic E-state index is 14.3. The Morgan fingerprint density at radius 2 is 1.74 bits per heavy atom. The van der Waals surface area contributed by atoms with E-state index in [1.807, 2.05) is 44.2 Å². The molecule has 0 unspecified atom stereocenters. The van der Waals surface area contributed by atoms with Crippen molar-refractivity contribution in [2.24, 2.45) is 34.5 Å². The lowest BCUT2D eigenvalue weighted by Crippen LogP contribution is -2.70. The van der Waals surface area contributed by atoms with E-state index in [2.05, 4.69) is 17.6 Å². The number of aliphatic hydroxyl groups excluding tert-OH is 1. The maximum Gasteiger partial charge on any atom is 0.407 e. The van der Waals surface area contributed by atoms with Gasteiger partial charge in [0, 0.05) is 24.4 Å². The van der Waals surface area contributed by atoms with Crippen molar-refractivity contribution in [1.82, 2.24) is 15.5 Å². The van der Waals surface area contributed by atoms with Gasteiger partial charge in [0.2, 0.25) is 11.8 Å². The number of carbonyl (C=O) groups is 5. The van der Waals surface area contributed by atoms with Crippen LogP contribution in [0.25, 0.3) is 0 Å². The fourth-order valence-electron chi connectivity index (χ4n) is 11.6. The number of ether oxygens (including phenoxy) is 2. The second kappa shape index (κ2) is 16.2. The van der Waals surface area contributed by atoms with Crippen LogP contribution in [0.1, 0.15) is 103 Å². The van der Waals surface area contributed by atoms with Crippen LogP contribution < -0.4 is 16.3 Å². The number of fused-ring (bicyclic) bond motifs is 5. The summed E-state index contributed by atoms with van der Waals surface area (Å²) in [7, 11) is 0. The van der Waals surface area contributed by atoms with Crippen molar-refractivity contribution in [3.63, 3.8) is 0 Å². The number of hydrogen-bond donors (Lipinski definition) is 4. The van der Waals surface area contributed by atoms with Crippen molar-refractivity contribution in [3.05, 3.63) is 70.3 Å². The number of alkyl carbamates (subject to hydrolysis) is 1. The molecule has 1 aliphatic heterocycles. The molecule has 5 fully saturated rings. The van der Waals surface area contributed by atoms with Crippen molar-refractivity contribution >= 4 is 29.7 Å². The van der Waals surface area contributed by atoms with Gasteiger partial charge in [0.05, 0.1) is 17.3 Å². The van der Waals surface area contributed by atoms with E-state index in [1.54, 1.807) is 13.0 Å². The van der Waals surface area contributed by atoms with Gasteiger partial charge in [0.1, 0.15) is 37.4 Å². The monoisotopic (exact) mass is 803 g/mol. The highest BCUT2D eigenvalue weighted by atomic mass is 16.6. The molecule has 0 bridgehead atoms. The van der Waals surface area contributed by atoms with E-state index >= 15 is 0 Å². The highest BCUT2D eigenvalue weighted by Gasteiger charge is 2.73. The van der Waals surface area contributed by atoms with E-state index in [1.165, 1.54) is 17.2 Å². The summed E-state index contributed by atoms with van der Waals surface area (Å²) in [6, 6.07) is 10.3. The Labute approximate surface area is 338 Å². The Balaban J connectivity index is 0.953. The number of ketones is 1. The molecule has 11 atom stereocenters. The number of benzene rings is 1. The molecule has 314 valence electrons. The Morgan fingerprint density at radius 1 is 0.983 bits per heavy atom. The zero-order chi connectivity index (χ0) is 41.6. The van der Waals surface area contributed by atoms with Crippen molar-refractivity contribution in [2.45, 2.75) is 128 Å². The van der Waals surface area contributed by atoms with Crippen molar-refractivity contribution in [1.29, 1.82) is 0 Å². The Bertz CT molecular complexity index is 1930. The van der Waals surface area contributed by atoms with Crippen LogP contribution in [0.4, 0.5) is 4.79 Å². The van der Waals surface area contributed by atoms with E-state index in [0.717, 1.165) is 12.0 Å². The summed E-state index contributed by atoms with van der Waals surface area (Å²) in [6.07, 6.45) is 3.73. The SMILES string of the molecule is CC(C)[C@H](NC(=O)[C@@H]1CCCN1C(=O)CNC(=O)OCc1ccccc1)C(=O)O[C@H]1CC[C@@]2(C)[C@H](CC[C@@H]3[C@@H]2[C@H](O)C(=O)[C@]2(C)[C@@H](c4ccc(=O)oc4)CC[C@]32O)C1. The van der Waals surface area contributed by atoms with Crippen LogP contribution in [0.5, 0.6) is 0 Å². The number of rotatable bonds is 10. The van der Waals surface area contributed by atoms with Crippen molar-refractivity contribution in [3.8, 4) is 0 Å². The molecule has 14 heteroatoms. The zero-order valence-electron chi connectivity index (χ0n) is 33.8. The maximum atomic E-state index is 14.3. The number of hydrogen-bond acceptors (Lipinski definition) is 11. The summed E-state index contributed by atoms with van der Waals surface area (Å²) in [4.78, 5) is 80.2. The average molecular weight is 804 g/mol. The largest absolute Gasteiger partial charge is 0.461 e. The predicted octanol–water partition coefficient (Wildman–Crippen LogP) is 4.00. The van der Waals surface area contributed by atoms with Crippen molar-refractivity contribution < 1.29 is 48.1 Å². The van der Waals surface area contributed by atoms with Crippen LogP contribution in [0, 0.1) is 34.5 Å². The molecule has 7 rings (SSSR count). The van der Waals surface area contributed by atoms with E-state index in [9.17, 15) is 39.0 Å². The third-order valence-corrected chi connectivity index (χ3v) is 14.7. The predicted molar refractivity (Wildman–Crippen MR) is 209 cm³/mol. The molecule has 0 spiro atoms. The topological polar surface area (TPSA) is 202 Å². The molecule has 2 aromatic rings. The highest BCUT2D eigenvalue weighted by molar-refractivity contribution is 5.93. The van der Waals surface area contributed by atoms with Crippen LogP contribution in [-0.4, -0.2) is 87.8 Å². The van der Waals surface area contributed by atoms with Gasteiger partial charge in [-0.25, -0.2) is 14.4 Å². The minimum absolute atomic E-state index is 0.0192. The molecule has 4 N–H and O–H groups in total. The summed E-state index contributed by atoms with van der Waals surface area (Å²) in [6.45, 7) is 7.54. The minimum atomic E-state index is -1.35. The highest BCUT2D eigenvalue weighted by Crippen LogP contribution is 2.69. The fraction of sp³-hybridized carbons (Fsp3) is 0.636. The number of aliphatic hydroxyl groups is 2. The van der Waals surface area contributed by atoms with E-state index < -0.39 is 82.1 Å². The molecule has 1 saturated heterocycles. The second-order valence-corrected chi connectivity index (χ2v) is 18.1. The number of Topliss-reactive ketones (excluding diaryl/α,β-unsaturated/α-hetero) is 1. The van der Waals surface area contributed by atoms with Crippen LogP contribution in [0.15, 0.2) is 57.9 Å². The normalized spacial score (nSPS) is 34.6. The van der Waals surface area contributed by atoms with Crippen LogP contribution in [0.2, 0.25) is 0 Å². The van der Waals surface area contributed by atoms with E-state index in [4.69, 9.17) is 13.9 Å². The van der Waals surface area contributed by atoms with Gasteiger partial charge in [-0.2, -0.15) is 0 Å². The third kappa shape index (κ3) is 7.35. The lowest BCUT2D eigenvalue weighted by atomic mass is 9.42. The number of likely N-dealkylation sites (tertiary alicyclic amines) is 1. The fourth-order valence-corrected chi connectivity index (χ4v) is 11.6. The zero-order valence-corrected chi connectivity index (χ0v) is 33.8. The molecule has 5 aliphatic rings. The van der Waals surface area contributed by atoms with Gasteiger partial charge in [-0.1, -0.05) is 51.1 Å². The first-order valence-electron chi connectivity index (χ1n) is 20.9. The Hall–Kier alpha value is -4.56. The Kier molecular flexibility index (Phi) is 11.6. The minimum Gasteiger partial charge on any atom is -0.461 e. The third-order valence-electron chi connectivity index (χ3n) is 14.7. The van der Waals surface area contributed by atoms with Gasteiger partial charge in [-0.15, -0.1) is 0 Å². The van der Waals surface area contributed by atoms with Crippen LogP contribution >= 0.6 is 0 Å². The van der Waals surface area contributed by atoms with Crippen LogP contribution in [-0.2, 0) is 35.3 Å². The first kappa shape index (κ1) is 41.6. The molecule has 1 aromatic carbocycles. The molecule has 2 heterocycles. The summed E-state index contributed by atoms with van der Waals surface area (Å²) in [5.74, 6) is -3.33. The standard InChI is InChI=1S/C44H57N3O11/c1-25(2)36(46-39(52)32-11-8-20-47(32)33(48)22-45-41(54)57-23-26-9-6-5-7-10-26)40(53)58-29-16-18-42(3)28(21-29)13-14-31-35(42)37(50)38(51)43(4)30(17-19-44(31,43)55)27-12-15-34(49)56-24-27/h5-7,9-10,12,15,24-25,28-32,35-37,50,55H,8,11,13-14,16-23H2,1-4H3,(H,45,54)(H,46,52)/t28-,29+,30-,31-,32+,35-,36+,37+,42+,43+,44+/m1/s1. The van der Waals surface area contributed by atoms with E-state index in [-0.39, 0.29) is 36.7 Å². The smallest absolute Gasteiger partial charge is 0.407 e. The molecular formula is C44H57N3O11. The molecule has 3 amide bonds. The van der Waals surface area contributed by atoms with E-state index in [0.29, 0.717) is 63.5 Å². The summed E-state index contributed by atoms with van der Waals surface area (Å²) in [5.41, 5.74) is -2.12. The first-order chi connectivity index (χ1) is 27.6. The number of carbonyl (C=O) groups excluding carboxylic acids is 5. The number of nitrogens with one attached hydrogen (secondary N) is 2. The summed E-state index contributed by atoms with van der Waals surface area (Å²) >= 11 is 0. The average Bonchev–Trinajstić information content (AvgIpc) is 3.81. The number of amides is 3. The lowest BCUT2D eigenvalue weighted by molar-refractivity contribution is -0.229. The lowest BCUT2D eigenvalue weighted by Gasteiger charge is -2.64. The quantitative estimate of drug-likeness (QED) is 0.253. The van der Waals surface area contributed by atoms with Gasteiger partial charge in [0.15, 0.2) is 5.78 Å². The molecule has 0 radical (unpaired) electrons. The molecule has 14 nitrogen and oxygen atoms in total. The molecule has 4 saturated carbocycles. The molecule has 1 aromatic heterocycles. The summed E-state index contributed by atoms with van der Waals surface area (Å²) in [5, 5.41) is 29.8. The van der Waals surface area contributed by atoms with Crippen molar-refractivity contribution in [2.75, 3.05) is 13.1 Å². The molecular weight excluding hydrogens is 746 g/mol. The Morgan fingerprint density at radius 3 is 2.45 bits per heavy atom. The van der Waals surface area contributed by atoms with Gasteiger partial charge in [-0.05, 0) is 105 Å². The van der Waals surface area contributed by atoms with Gasteiger partial charge in [-0.3, -0.25) is 14.4 Å². The van der Waals surface area contributed by atoms with Crippen LogP contribution in [0.3, 0.4) is 0 Å². The van der Waals surface area contributed by atoms with Gasteiger partial charge >= 0.3 is 17.7 Å². The number of esters is 1. The molecule has 4 aliphatic carbocycles. The van der Waals surface area contributed by atoms with Gasteiger partial charge < -0.3 is 39.6 Å². The molecule has 58 heavy (non-hydrogen) atoms. The first-order valence-corrected chi connectivity index (χ1v) is 20.9. The van der Waals surface area contributed by atoms with Gasteiger partial charge in [0.25, 0.3) is 0 Å². The second-order valence-electron chi connectivity index (χ2n) is 18.1. The number of nitrogens with zero attached hydrogens (tertiary/aromatic N) is 1. The summed E-state index contributed by atoms with van der Waals surface area (Å²) < 4.78 is 16.5.